The Labute approximate surface area is 192 Å². The van der Waals surface area contributed by atoms with Crippen LogP contribution >= 0.6 is 0 Å². The molecule has 1 N–H and O–H groups in total. The first-order valence-corrected chi connectivity index (χ1v) is 11.7. The van der Waals surface area contributed by atoms with Crippen LogP contribution < -0.4 is 5.56 Å². The molecular formula is C25H29N5O3. The van der Waals surface area contributed by atoms with Gasteiger partial charge in [0.25, 0.3) is 5.56 Å². The average Bonchev–Trinajstić information content (AvgIpc) is 3.27. The number of hydrogen-bond donors (Lipinski definition) is 1. The normalized spacial score (nSPS) is 18.4. The van der Waals surface area contributed by atoms with Gasteiger partial charge in [0, 0.05) is 38.9 Å². The maximum absolute atomic E-state index is 13.2. The second kappa shape index (κ2) is 8.84. The van der Waals surface area contributed by atoms with Gasteiger partial charge in [-0.2, -0.15) is 0 Å². The smallest absolute Gasteiger partial charge is 0.277 e. The van der Waals surface area contributed by atoms with Crippen molar-refractivity contribution in [2.75, 3.05) is 13.1 Å². The molecule has 0 bridgehead atoms. The Hall–Kier alpha value is -3.42. The molecule has 172 valence electrons. The SMILES string of the molecule is CC(=O)N1CCc2nc3cc(C4CCCCN4C(=O)CCc4ccccc4)[nH]n3c(=O)c2C1. The van der Waals surface area contributed by atoms with E-state index in [1.165, 1.54) is 11.4 Å². The number of carbonyl (C=O) groups excluding carboxylic acids is 2. The van der Waals surface area contributed by atoms with E-state index < -0.39 is 0 Å². The van der Waals surface area contributed by atoms with E-state index in [4.69, 9.17) is 4.98 Å². The van der Waals surface area contributed by atoms with Gasteiger partial charge in [0.1, 0.15) is 0 Å². The number of aryl methyl sites for hydroxylation is 1. The van der Waals surface area contributed by atoms with Crippen LogP contribution in [0.2, 0.25) is 0 Å². The van der Waals surface area contributed by atoms with Crippen molar-refractivity contribution in [1.82, 2.24) is 24.4 Å². The van der Waals surface area contributed by atoms with Crippen LogP contribution in [0.5, 0.6) is 0 Å². The van der Waals surface area contributed by atoms with E-state index in [-0.39, 0.29) is 23.4 Å². The van der Waals surface area contributed by atoms with Gasteiger partial charge in [-0.3, -0.25) is 19.5 Å². The van der Waals surface area contributed by atoms with Gasteiger partial charge in [-0.1, -0.05) is 30.3 Å². The largest absolute Gasteiger partial charge is 0.338 e. The number of piperidine rings is 1. The fourth-order valence-corrected chi connectivity index (χ4v) is 5.03. The summed E-state index contributed by atoms with van der Waals surface area (Å²) in [6.07, 6.45) is 4.64. The fourth-order valence-electron chi connectivity index (χ4n) is 5.03. The van der Waals surface area contributed by atoms with Crippen LogP contribution in [0.1, 0.15) is 61.2 Å². The van der Waals surface area contributed by atoms with Gasteiger partial charge in [0.05, 0.1) is 29.5 Å². The van der Waals surface area contributed by atoms with Crippen molar-refractivity contribution in [2.45, 2.75) is 58.0 Å². The van der Waals surface area contributed by atoms with Gasteiger partial charge in [0.2, 0.25) is 11.8 Å². The molecule has 33 heavy (non-hydrogen) atoms. The zero-order chi connectivity index (χ0) is 22.9. The number of carbonyl (C=O) groups is 2. The van der Waals surface area contributed by atoms with Crippen molar-refractivity contribution in [3.63, 3.8) is 0 Å². The minimum absolute atomic E-state index is 0.0378. The maximum atomic E-state index is 13.2. The number of amides is 2. The van der Waals surface area contributed by atoms with Gasteiger partial charge in [-0.15, -0.1) is 0 Å². The highest BCUT2D eigenvalue weighted by Crippen LogP contribution is 2.31. The number of nitrogens with zero attached hydrogens (tertiary/aromatic N) is 4. The maximum Gasteiger partial charge on any atom is 0.277 e. The number of nitrogens with one attached hydrogen (secondary N) is 1. The Kier molecular flexibility index (Phi) is 5.74. The first-order chi connectivity index (χ1) is 16.0. The highest BCUT2D eigenvalue weighted by atomic mass is 16.2. The van der Waals surface area contributed by atoms with Crippen molar-refractivity contribution < 1.29 is 9.59 Å². The molecule has 1 fully saturated rings. The van der Waals surface area contributed by atoms with Crippen LogP contribution in [0.4, 0.5) is 0 Å². The standard InChI is InChI=1S/C25H29N5O3/c1-17(31)28-14-12-20-19(16-28)25(33)30-23(26-20)15-21(27-30)22-9-5-6-13-29(22)24(32)11-10-18-7-3-2-4-8-18/h2-4,7-8,15,22,27H,5-6,9-14,16H2,1H3. The molecule has 1 atom stereocenters. The number of H-pyrrole nitrogens is 1. The summed E-state index contributed by atoms with van der Waals surface area (Å²) in [5.41, 5.74) is 3.76. The second-order valence-corrected chi connectivity index (χ2v) is 9.02. The molecule has 2 aromatic heterocycles. The van der Waals surface area contributed by atoms with Crippen LogP contribution in [-0.4, -0.2) is 49.3 Å². The van der Waals surface area contributed by atoms with Gasteiger partial charge < -0.3 is 9.80 Å². The number of aromatic amines is 1. The monoisotopic (exact) mass is 447 g/mol. The first kappa shape index (κ1) is 21.4. The number of aromatic nitrogens is 3. The lowest BCUT2D eigenvalue weighted by atomic mass is 9.98. The highest BCUT2D eigenvalue weighted by Gasteiger charge is 2.30. The van der Waals surface area contributed by atoms with Gasteiger partial charge in [0.15, 0.2) is 5.65 Å². The molecule has 2 aliphatic heterocycles. The van der Waals surface area contributed by atoms with Crippen LogP contribution in [0.25, 0.3) is 5.65 Å². The van der Waals surface area contributed by atoms with E-state index in [2.05, 4.69) is 5.10 Å². The summed E-state index contributed by atoms with van der Waals surface area (Å²) in [7, 11) is 0. The van der Waals surface area contributed by atoms with Crippen LogP contribution in [-0.2, 0) is 29.0 Å². The molecule has 2 aliphatic rings. The minimum Gasteiger partial charge on any atom is -0.338 e. The predicted octanol–water partition coefficient (Wildman–Crippen LogP) is 2.61. The summed E-state index contributed by atoms with van der Waals surface area (Å²) < 4.78 is 1.47. The third-order valence-electron chi connectivity index (χ3n) is 6.88. The lowest BCUT2D eigenvalue weighted by Gasteiger charge is -2.35. The zero-order valence-corrected chi connectivity index (χ0v) is 18.9. The van der Waals surface area contributed by atoms with E-state index in [1.54, 1.807) is 4.90 Å². The van der Waals surface area contributed by atoms with Gasteiger partial charge in [-0.25, -0.2) is 9.50 Å². The highest BCUT2D eigenvalue weighted by molar-refractivity contribution is 5.77. The lowest BCUT2D eigenvalue weighted by molar-refractivity contribution is -0.135. The third kappa shape index (κ3) is 4.17. The first-order valence-electron chi connectivity index (χ1n) is 11.7. The summed E-state index contributed by atoms with van der Waals surface area (Å²) >= 11 is 0. The topological polar surface area (TPSA) is 90.8 Å². The predicted molar refractivity (Wildman–Crippen MR) is 124 cm³/mol. The fraction of sp³-hybridized carbons (Fsp3) is 0.440. The van der Waals surface area contributed by atoms with E-state index >= 15 is 0 Å². The summed E-state index contributed by atoms with van der Waals surface area (Å²) in [6, 6.07) is 11.9. The summed E-state index contributed by atoms with van der Waals surface area (Å²) in [5.74, 6) is 0.100. The van der Waals surface area contributed by atoms with Crippen molar-refractivity contribution >= 4 is 17.5 Å². The Morgan fingerprint density at radius 1 is 1.15 bits per heavy atom. The Balaban J connectivity index is 1.41. The molecule has 0 aliphatic carbocycles. The molecule has 4 heterocycles. The summed E-state index contributed by atoms with van der Waals surface area (Å²) in [4.78, 5) is 46.5. The van der Waals surface area contributed by atoms with Crippen molar-refractivity contribution in [3.05, 3.63) is 69.3 Å². The number of fused-ring (bicyclic) bond motifs is 2. The molecule has 0 radical (unpaired) electrons. The van der Waals surface area contributed by atoms with Crippen molar-refractivity contribution in [2.24, 2.45) is 0 Å². The van der Waals surface area contributed by atoms with E-state index in [0.29, 0.717) is 37.1 Å². The quantitative estimate of drug-likeness (QED) is 0.666. The average molecular weight is 448 g/mol. The molecule has 0 spiro atoms. The second-order valence-electron chi connectivity index (χ2n) is 9.02. The molecule has 1 aromatic carbocycles. The Morgan fingerprint density at radius 2 is 1.97 bits per heavy atom. The Morgan fingerprint density at radius 3 is 2.76 bits per heavy atom. The van der Waals surface area contributed by atoms with Crippen LogP contribution in [0.15, 0.2) is 41.2 Å². The molecule has 8 heteroatoms. The lowest BCUT2D eigenvalue weighted by Crippen LogP contribution is -2.39. The van der Waals surface area contributed by atoms with Gasteiger partial charge in [-0.05, 0) is 31.2 Å². The van der Waals surface area contributed by atoms with Crippen LogP contribution in [0, 0.1) is 0 Å². The zero-order valence-electron chi connectivity index (χ0n) is 18.9. The summed E-state index contributed by atoms with van der Waals surface area (Å²) in [6.45, 7) is 3.11. The molecule has 8 nitrogen and oxygen atoms in total. The molecule has 1 unspecified atom stereocenters. The molecule has 0 saturated carbocycles. The van der Waals surface area contributed by atoms with Crippen molar-refractivity contribution in [3.8, 4) is 0 Å². The minimum atomic E-state index is -0.162. The Bertz CT molecular complexity index is 1250. The van der Waals surface area contributed by atoms with Crippen LogP contribution in [0.3, 0.4) is 0 Å². The third-order valence-corrected chi connectivity index (χ3v) is 6.88. The molecule has 3 aromatic rings. The van der Waals surface area contributed by atoms with Crippen molar-refractivity contribution in [1.29, 1.82) is 0 Å². The molecular weight excluding hydrogens is 418 g/mol. The number of rotatable bonds is 4. The molecule has 5 rings (SSSR count). The number of likely N-dealkylation sites (tertiary alicyclic amines) is 1. The molecule has 2 amide bonds. The summed E-state index contributed by atoms with van der Waals surface area (Å²) in [5, 5.41) is 3.23. The van der Waals surface area contributed by atoms with E-state index in [9.17, 15) is 14.4 Å². The van der Waals surface area contributed by atoms with E-state index in [0.717, 1.165) is 49.2 Å². The van der Waals surface area contributed by atoms with E-state index in [1.807, 2.05) is 41.3 Å². The molecule has 1 saturated heterocycles. The number of hydrogen-bond acceptors (Lipinski definition) is 4. The van der Waals surface area contributed by atoms with Gasteiger partial charge >= 0.3 is 0 Å². The number of benzene rings is 1.